The summed E-state index contributed by atoms with van der Waals surface area (Å²) >= 11 is 0. The number of aliphatic imine (C=N–C) groups is 1. The lowest BCUT2D eigenvalue weighted by Crippen LogP contribution is -2.45. The largest absolute Gasteiger partial charge is 0.349 e. The van der Waals surface area contributed by atoms with Crippen LogP contribution in [0.3, 0.4) is 0 Å². The van der Waals surface area contributed by atoms with Crippen molar-refractivity contribution < 1.29 is 0 Å². The van der Waals surface area contributed by atoms with Crippen molar-refractivity contribution in [2.24, 2.45) is 12.0 Å². The van der Waals surface area contributed by atoms with Crippen LogP contribution in [0.25, 0.3) is 0 Å². The molecule has 1 aliphatic heterocycles. The van der Waals surface area contributed by atoms with E-state index < -0.39 is 0 Å². The molecule has 0 bridgehead atoms. The highest BCUT2D eigenvalue weighted by atomic mass is 15.3. The number of likely N-dealkylation sites (N-methyl/N-ethyl adjacent to an activating group) is 2. The maximum Gasteiger partial charge on any atom is 0.193 e. The summed E-state index contributed by atoms with van der Waals surface area (Å²) in [6.07, 6.45) is 4.15. The molecule has 118 valence electrons. The topological polar surface area (TPSA) is 61.6 Å². The van der Waals surface area contributed by atoms with E-state index in [1.54, 1.807) is 11.0 Å². The number of guanidine groups is 1. The van der Waals surface area contributed by atoms with Gasteiger partial charge >= 0.3 is 0 Å². The molecule has 1 unspecified atom stereocenters. The van der Waals surface area contributed by atoms with Gasteiger partial charge in [-0.15, -0.1) is 0 Å². The van der Waals surface area contributed by atoms with Crippen LogP contribution in [0, 0.1) is 0 Å². The number of nitrogens with one attached hydrogen (secondary N) is 1. The highest BCUT2D eigenvalue weighted by Crippen LogP contribution is 2.17. The molecule has 1 saturated heterocycles. The molecule has 0 radical (unpaired) electrons. The van der Waals surface area contributed by atoms with Gasteiger partial charge in [0.25, 0.3) is 0 Å². The molecule has 1 atom stereocenters. The highest BCUT2D eigenvalue weighted by Gasteiger charge is 2.24. The Kier molecular flexibility index (Phi) is 5.55. The highest BCUT2D eigenvalue weighted by molar-refractivity contribution is 5.79. The van der Waals surface area contributed by atoms with E-state index in [0.717, 1.165) is 24.9 Å². The number of aromatic nitrogens is 3. The number of hydrogen-bond acceptors (Lipinski definition) is 4. The molecule has 1 fully saturated rings. The van der Waals surface area contributed by atoms with Crippen molar-refractivity contribution in [3.63, 3.8) is 0 Å². The molecule has 21 heavy (non-hydrogen) atoms. The van der Waals surface area contributed by atoms with Gasteiger partial charge in [-0.05, 0) is 25.9 Å². The van der Waals surface area contributed by atoms with Crippen molar-refractivity contribution in [1.29, 1.82) is 0 Å². The van der Waals surface area contributed by atoms with Gasteiger partial charge in [0.05, 0.1) is 6.54 Å². The third kappa shape index (κ3) is 3.93. The summed E-state index contributed by atoms with van der Waals surface area (Å²) in [6.45, 7) is 6.23. The molecule has 7 heteroatoms. The third-order valence-electron chi connectivity index (χ3n) is 4.17. The van der Waals surface area contributed by atoms with Crippen molar-refractivity contribution in [3.8, 4) is 0 Å². The van der Waals surface area contributed by atoms with E-state index in [9.17, 15) is 0 Å². The Bertz CT molecular complexity index is 468. The van der Waals surface area contributed by atoms with E-state index in [0.29, 0.717) is 12.6 Å². The van der Waals surface area contributed by atoms with Crippen LogP contribution < -0.4 is 5.32 Å². The van der Waals surface area contributed by atoms with Gasteiger partial charge in [0, 0.05) is 33.7 Å². The van der Waals surface area contributed by atoms with E-state index in [1.807, 2.05) is 14.1 Å². The van der Waals surface area contributed by atoms with Crippen LogP contribution in [0.4, 0.5) is 0 Å². The summed E-state index contributed by atoms with van der Waals surface area (Å²) in [5.74, 6) is 1.81. The van der Waals surface area contributed by atoms with E-state index in [-0.39, 0.29) is 0 Å². The minimum atomic E-state index is 0.633. The average molecular weight is 293 g/mol. The fraction of sp³-hybridized carbons (Fsp3) is 0.786. The minimum Gasteiger partial charge on any atom is -0.349 e. The van der Waals surface area contributed by atoms with Crippen LogP contribution in [0.1, 0.15) is 25.6 Å². The molecule has 0 aromatic carbocycles. The van der Waals surface area contributed by atoms with Gasteiger partial charge in [0.1, 0.15) is 12.2 Å². The van der Waals surface area contributed by atoms with Gasteiger partial charge in [-0.2, -0.15) is 5.10 Å². The standard InChI is InChI=1S/C14H27N7/c1-5-21-8-6-7-12(21)10-19(3)14(15-2)16-9-13-17-11-18-20(13)4/h11-12H,5-10H2,1-4H3,(H,15,16). The van der Waals surface area contributed by atoms with Crippen LogP contribution >= 0.6 is 0 Å². The van der Waals surface area contributed by atoms with Crippen molar-refractivity contribution in [1.82, 2.24) is 29.9 Å². The van der Waals surface area contributed by atoms with Crippen LogP contribution in [0.5, 0.6) is 0 Å². The number of aryl methyl sites for hydroxylation is 1. The summed E-state index contributed by atoms with van der Waals surface area (Å²) in [5.41, 5.74) is 0. The van der Waals surface area contributed by atoms with Gasteiger partial charge in [-0.3, -0.25) is 14.6 Å². The Morgan fingerprint density at radius 3 is 3.00 bits per heavy atom. The zero-order chi connectivity index (χ0) is 15.2. The Morgan fingerprint density at radius 1 is 1.57 bits per heavy atom. The smallest absolute Gasteiger partial charge is 0.193 e. The van der Waals surface area contributed by atoms with E-state index >= 15 is 0 Å². The van der Waals surface area contributed by atoms with E-state index in [4.69, 9.17) is 0 Å². The third-order valence-corrected chi connectivity index (χ3v) is 4.17. The maximum absolute atomic E-state index is 4.37. The zero-order valence-corrected chi connectivity index (χ0v) is 13.6. The molecule has 7 nitrogen and oxygen atoms in total. The van der Waals surface area contributed by atoms with Gasteiger partial charge in [0.15, 0.2) is 5.96 Å². The summed E-state index contributed by atoms with van der Waals surface area (Å²) in [7, 11) is 5.81. The fourth-order valence-corrected chi connectivity index (χ4v) is 2.94. The Balaban J connectivity index is 1.87. The van der Waals surface area contributed by atoms with Gasteiger partial charge < -0.3 is 10.2 Å². The minimum absolute atomic E-state index is 0.633. The molecule has 2 heterocycles. The lowest BCUT2D eigenvalue weighted by Gasteiger charge is -2.29. The lowest BCUT2D eigenvalue weighted by molar-refractivity contribution is 0.232. The van der Waals surface area contributed by atoms with Crippen molar-refractivity contribution in [3.05, 3.63) is 12.2 Å². The molecular weight excluding hydrogens is 266 g/mol. The van der Waals surface area contributed by atoms with Gasteiger partial charge in [-0.1, -0.05) is 6.92 Å². The number of rotatable bonds is 5. The number of likely N-dealkylation sites (tertiary alicyclic amines) is 1. The van der Waals surface area contributed by atoms with E-state index in [1.165, 1.54) is 19.4 Å². The Morgan fingerprint density at radius 2 is 2.38 bits per heavy atom. The maximum atomic E-state index is 4.37. The summed E-state index contributed by atoms with van der Waals surface area (Å²) in [5, 5.41) is 7.43. The molecule has 1 aromatic rings. The first-order valence-electron chi connectivity index (χ1n) is 7.64. The second-order valence-electron chi connectivity index (χ2n) is 5.51. The van der Waals surface area contributed by atoms with Crippen molar-refractivity contribution >= 4 is 5.96 Å². The summed E-state index contributed by atoms with van der Waals surface area (Å²) < 4.78 is 1.77. The van der Waals surface area contributed by atoms with Crippen LogP contribution in [0.15, 0.2) is 11.3 Å². The lowest BCUT2D eigenvalue weighted by atomic mass is 10.2. The van der Waals surface area contributed by atoms with Crippen LogP contribution in [-0.4, -0.2) is 70.3 Å². The van der Waals surface area contributed by atoms with Gasteiger partial charge in [-0.25, -0.2) is 4.98 Å². The van der Waals surface area contributed by atoms with Crippen molar-refractivity contribution in [2.75, 3.05) is 33.7 Å². The molecule has 0 aliphatic carbocycles. The van der Waals surface area contributed by atoms with Crippen LogP contribution in [0.2, 0.25) is 0 Å². The molecule has 0 saturated carbocycles. The molecule has 1 aromatic heterocycles. The summed E-state index contributed by atoms with van der Waals surface area (Å²) in [6, 6.07) is 0.633. The summed E-state index contributed by atoms with van der Waals surface area (Å²) in [4.78, 5) is 13.3. The SMILES string of the molecule is CCN1CCCC1CN(C)C(=NC)NCc1ncnn1C. The first-order valence-corrected chi connectivity index (χ1v) is 7.64. The Hall–Kier alpha value is -1.63. The van der Waals surface area contributed by atoms with E-state index in [2.05, 4.69) is 44.2 Å². The second-order valence-corrected chi connectivity index (χ2v) is 5.51. The first-order chi connectivity index (χ1) is 10.2. The predicted molar refractivity (Wildman–Crippen MR) is 84.1 cm³/mol. The van der Waals surface area contributed by atoms with Crippen LogP contribution in [-0.2, 0) is 13.6 Å². The fourth-order valence-electron chi connectivity index (χ4n) is 2.94. The second kappa shape index (κ2) is 7.40. The number of nitrogens with zero attached hydrogens (tertiary/aromatic N) is 6. The molecular formula is C14H27N7. The quantitative estimate of drug-likeness (QED) is 0.625. The zero-order valence-electron chi connectivity index (χ0n) is 13.6. The molecule has 1 N–H and O–H groups in total. The molecule has 1 aliphatic rings. The molecule has 2 rings (SSSR count). The molecule has 0 spiro atoms. The average Bonchev–Trinajstić information content (AvgIpc) is 3.08. The Labute approximate surface area is 127 Å². The number of hydrogen-bond donors (Lipinski definition) is 1. The monoisotopic (exact) mass is 293 g/mol. The first kappa shape index (κ1) is 15.8. The predicted octanol–water partition coefficient (Wildman–Crippen LogP) is 0.307. The normalized spacial score (nSPS) is 20.0. The van der Waals surface area contributed by atoms with Gasteiger partial charge in [0.2, 0.25) is 0 Å². The molecule has 0 amide bonds. The van der Waals surface area contributed by atoms with Crippen molar-refractivity contribution in [2.45, 2.75) is 32.4 Å².